The predicted molar refractivity (Wildman–Crippen MR) is 120 cm³/mol. The number of carbonyl (C=O) groups excluding carboxylic acids is 1. The van der Waals surface area contributed by atoms with Gasteiger partial charge in [0.05, 0.1) is 16.6 Å². The Morgan fingerprint density at radius 2 is 1.78 bits per heavy atom. The quantitative estimate of drug-likeness (QED) is 0.589. The summed E-state index contributed by atoms with van der Waals surface area (Å²) >= 11 is 6.07. The largest absolute Gasteiger partial charge is 0.417 e. The Bertz CT molecular complexity index is 1120. The molecule has 1 atom stereocenters. The van der Waals surface area contributed by atoms with Crippen LogP contribution in [0.5, 0.6) is 0 Å². The average Bonchev–Trinajstić information content (AvgIpc) is 2.78. The smallest absolute Gasteiger partial charge is 0.353 e. The molecule has 1 aliphatic heterocycles. The molecule has 1 N–H and O–H groups in total. The molecule has 0 spiro atoms. The highest BCUT2D eigenvalue weighted by Crippen LogP contribution is 2.34. The molecule has 3 aromatic rings. The second-order valence-electron chi connectivity index (χ2n) is 7.74. The number of alkyl halides is 3. The first kappa shape index (κ1) is 22.4. The molecule has 1 amide bonds. The number of carbonyl (C=O) groups is 1. The first-order valence-electron chi connectivity index (χ1n) is 10.2. The highest BCUT2D eigenvalue weighted by atomic mass is 35.5. The van der Waals surface area contributed by atoms with Crippen LogP contribution in [0.15, 0.2) is 54.7 Å². The predicted octanol–water partition coefficient (Wildman–Crippen LogP) is 5.06. The van der Waals surface area contributed by atoms with Gasteiger partial charge in [0.25, 0.3) is 0 Å². The summed E-state index contributed by atoms with van der Waals surface area (Å²) in [7, 11) is 0. The highest BCUT2D eigenvalue weighted by molar-refractivity contribution is 6.33. The van der Waals surface area contributed by atoms with Crippen LogP contribution >= 0.6 is 11.6 Å². The van der Waals surface area contributed by atoms with Gasteiger partial charge in [-0.3, -0.25) is 9.69 Å². The molecule has 0 radical (unpaired) electrons. The molecule has 168 valence electrons. The van der Waals surface area contributed by atoms with Crippen LogP contribution in [0.1, 0.15) is 12.5 Å². The maximum atomic E-state index is 12.9. The molecular formula is C23H22ClF3N4O. The molecule has 0 saturated carbocycles. The van der Waals surface area contributed by atoms with E-state index in [-0.39, 0.29) is 17.0 Å². The number of nitrogens with one attached hydrogen (secondary N) is 1. The van der Waals surface area contributed by atoms with Crippen molar-refractivity contribution in [3.8, 4) is 0 Å². The van der Waals surface area contributed by atoms with Crippen molar-refractivity contribution in [3.05, 3.63) is 65.3 Å². The number of hydrogen-bond acceptors (Lipinski definition) is 4. The lowest BCUT2D eigenvalue weighted by molar-refractivity contribution is -0.137. The minimum atomic E-state index is -4.49. The van der Waals surface area contributed by atoms with E-state index in [9.17, 15) is 18.0 Å². The molecule has 1 saturated heterocycles. The van der Waals surface area contributed by atoms with E-state index in [1.807, 2.05) is 59.2 Å². The summed E-state index contributed by atoms with van der Waals surface area (Å²) in [5.41, 5.74) is -0.108. The van der Waals surface area contributed by atoms with Crippen molar-refractivity contribution in [3.63, 3.8) is 0 Å². The van der Waals surface area contributed by atoms with Crippen molar-refractivity contribution in [2.45, 2.75) is 19.1 Å². The molecule has 32 heavy (non-hydrogen) atoms. The van der Waals surface area contributed by atoms with Crippen molar-refractivity contribution in [2.75, 3.05) is 36.4 Å². The number of hydrogen-bond donors (Lipinski definition) is 1. The van der Waals surface area contributed by atoms with Gasteiger partial charge in [0.2, 0.25) is 5.91 Å². The molecule has 1 fully saturated rings. The number of anilines is 2. The van der Waals surface area contributed by atoms with Gasteiger partial charge in [-0.05, 0) is 24.4 Å². The van der Waals surface area contributed by atoms with E-state index < -0.39 is 11.7 Å². The fourth-order valence-electron chi connectivity index (χ4n) is 3.88. The molecule has 0 bridgehead atoms. The molecule has 2 aromatic carbocycles. The van der Waals surface area contributed by atoms with Gasteiger partial charge < -0.3 is 10.2 Å². The van der Waals surface area contributed by atoms with Gasteiger partial charge in [0.1, 0.15) is 5.82 Å². The highest BCUT2D eigenvalue weighted by Gasteiger charge is 2.33. The summed E-state index contributed by atoms with van der Waals surface area (Å²) < 4.78 is 38.5. The van der Waals surface area contributed by atoms with E-state index in [0.29, 0.717) is 32.0 Å². The summed E-state index contributed by atoms with van der Waals surface area (Å²) in [5.74, 6) is 0.215. The summed E-state index contributed by atoms with van der Waals surface area (Å²) in [4.78, 5) is 20.7. The van der Waals surface area contributed by atoms with Gasteiger partial charge in [-0.25, -0.2) is 4.98 Å². The van der Waals surface area contributed by atoms with Crippen LogP contribution in [0.4, 0.5) is 24.7 Å². The third kappa shape index (κ3) is 4.66. The van der Waals surface area contributed by atoms with Gasteiger partial charge in [0.15, 0.2) is 0 Å². The monoisotopic (exact) mass is 462 g/mol. The second kappa shape index (κ2) is 8.96. The van der Waals surface area contributed by atoms with E-state index in [4.69, 9.17) is 11.6 Å². The maximum Gasteiger partial charge on any atom is 0.417 e. The van der Waals surface area contributed by atoms with Gasteiger partial charge >= 0.3 is 6.18 Å². The number of benzene rings is 2. The minimum absolute atomic E-state index is 0.0324. The molecule has 1 aromatic heterocycles. The Morgan fingerprint density at radius 1 is 1.09 bits per heavy atom. The third-order valence-corrected chi connectivity index (χ3v) is 6.02. The van der Waals surface area contributed by atoms with Crippen molar-refractivity contribution in [1.29, 1.82) is 0 Å². The Labute approximate surface area is 188 Å². The molecule has 1 aliphatic rings. The van der Waals surface area contributed by atoms with Crippen LogP contribution in [-0.2, 0) is 11.0 Å². The van der Waals surface area contributed by atoms with Gasteiger partial charge in [0, 0.05) is 43.4 Å². The number of aromatic nitrogens is 1. The first-order chi connectivity index (χ1) is 15.2. The second-order valence-corrected chi connectivity index (χ2v) is 8.15. The normalized spacial score (nSPS) is 16.2. The number of nitrogens with zero attached hydrogens (tertiary/aromatic N) is 3. The molecule has 4 rings (SSSR count). The van der Waals surface area contributed by atoms with E-state index in [1.54, 1.807) is 0 Å². The minimum Gasteiger partial charge on any atom is -0.353 e. The molecule has 0 aliphatic carbocycles. The van der Waals surface area contributed by atoms with E-state index in [1.165, 1.54) is 0 Å². The van der Waals surface area contributed by atoms with Crippen molar-refractivity contribution < 1.29 is 18.0 Å². The maximum absolute atomic E-state index is 12.9. The van der Waals surface area contributed by atoms with Crippen molar-refractivity contribution in [1.82, 2.24) is 9.88 Å². The lowest BCUT2D eigenvalue weighted by Crippen LogP contribution is -2.53. The molecule has 2 heterocycles. The zero-order valence-corrected chi connectivity index (χ0v) is 18.1. The lowest BCUT2D eigenvalue weighted by Gasteiger charge is -2.38. The van der Waals surface area contributed by atoms with Crippen molar-refractivity contribution >= 4 is 39.8 Å². The summed E-state index contributed by atoms with van der Waals surface area (Å²) in [6.45, 7) is 3.97. The molecular weight excluding hydrogens is 441 g/mol. The van der Waals surface area contributed by atoms with E-state index in [0.717, 1.165) is 28.7 Å². The number of rotatable bonds is 4. The van der Waals surface area contributed by atoms with Crippen LogP contribution in [0, 0.1) is 0 Å². The van der Waals surface area contributed by atoms with Gasteiger partial charge in [-0.1, -0.05) is 48.0 Å². The van der Waals surface area contributed by atoms with Crippen LogP contribution in [0.3, 0.4) is 0 Å². The van der Waals surface area contributed by atoms with Crippen LogP contribution < -0.4 is 10.2 Å². The fraction of sp³-hybridized carbons (Fsp3) is 0.304. The van der Waals surface area contributed by atoms with Crippen molar-refractivity contribution in [2.24, 2.45) is 0 Å². The zero-order chi connectivity index (χ0) is 22.9. The van der Waals surface area contributed by atoms with Crippen LogP contribution in [0.2, 0.25) is 5.02 Å². The Balaban J connectivity index is 1.39. The standard InChI is InChI=1S/C23H22ClF3N4O/c1-15(22(32)29-20-8-4-6-16-5-2-3-7-18(16)20)30-9-11-31(12-10-30)21-19(24)13-17(14-28-21)23(25,26)27/h2-8,13-15H,9-12H2,1H3,(H,29,32). The molecule has 1 unspecified atom stereocenters. The number of halogens is 4. The number of fused-ring (bicyclic) bond motifs is 1. The summed E-state index contributed by atoms with van der Waals surface area (Å²) in [6.07, 6.45) is -3.69. The van der Waals surface area contributed by atoms with Gasteiger partial charge in [-0.2, -0.15) is 13.2 Å². The number of pyridine rings is 1. The Morgan fingerprint density at radius 3 is 2.47 bits per heavy atom. The Hall–Kier alpha value is -2.84. The SMILES string of the molecule is CC(C(=O)Nc1cccc2ccccc12)N1CCN(c2ncc(C(F)(F)F)cc2Cl)CC1. The van der Waals surface area contributed by atoms with Crippen LogP contribution in [-0.4, -0.2) is 48.0 Å². The fourth-order valence-corrected chi connectivity index (χ4v) is 4.16. The topological polar surface area (TPSA) is 48.5 Å². The summed E-state index contributed by atoms with van der Waals surface area (Å²) in [5, 5.41) is 5.01. The number of piperazine rings is 1. The molecule has 9 heteroatoms. The average molecular weight is 463 g/mol. The van der Waals surface area contributed by atoms with E-state index in [2.05, 4.69) is 10.3 Å². The van der Waals surface area contributed by atoms with Gasteiger partial charge in [-0.15, -0.1) is 0 Å². The zero-order valence-electron chi connectivity index (χ0n) is 17.4. The first-order valence-corrected chi connectivity index (χ1v) is 10.6. The molecule has 5 nitrogen and oxygen atoms in total. The van der Waals surface area contributed by atoms with E-state index >= 15 is 0 Å². The Kier molecular flexibility index (Phi) is 6.26. The summed E-state index contributed by atoms with van der Waals surface area (Å²) in [6, 6.07) is 14.2. The lowest BCUT2D eigenvalue weighted by atomic mass is 10.1. The van der Waals surface area contributed by atoms with Crippen LogP contribution in [0.25, 0.3) is 10.8 Å². The number of amides is 1. The third-order valence-electron chi connectivity index (χ3n) is 5.74.